The van der Waals surface area contributed by atoms with E-state index in [0.29, 0.717) is 5.91 Å². The molecule has 6 rings (SSSR count). The summed E-state index contributed by atoms with van der Waals surface area (Å²) >= 11 is 3.63. The number of rotatable bonds is 5. The molecule has 0 spiro atoms. The van der Waals surface area contributed by atoms with E-state index in [4.69, 9.17) is 4.98 Å². The number of halogens is 1. The molecule has 0 bridgehead atoms. The second kappa shape index (κ2) is 11.1. The minimum absolute atomic E-state index is 0.123. The number of fused-ring (bicyclic) bond motifs is 1. The molecular weight excluding hydrogens is 550 g/mol. The average Bonchev–Trinajstić information content (AvgIpc) is 3.31. The third kappa shape index (κ3) is 5.48. The molecule has 1 aromatic heterocycles. The standard InChI is InChI=1S/C32H36BrN5O/c1-23-10-11-29(24(2)20-23)36-16-18-37(19-17-36)32(39)25-12-14-35(15-13-25)22-31-34-28-8-3-4-9-30(28)38(31)27-7-5-6-26(33)21-27/h3-11,20-21,25H,12-19,22H2,1-2H3. The lowest BCUT2D eigenvalue weighted by atomic mass is 9.95. The van der Waals surface area contributed by atoms with E-state index in [1.54, 1.807) is 0 Å². The van der Waals surface area contributed by atoms with Crippen molar-refractivity contribution in [3.63, 3.8) is 0 Å². The molecule has 0 atom stereocenters. The van der Waals surface area contributed by atoms with Crippen LogP contribution in [0.15, 0.2) is 71.2 Å². The zero-order valence-electron chi connectivity index (χ0n) is 22.8. The number of anilines is 1. The van der Waals surface area contributed by atoms with Crippen molar-refractivity contribution in [2.45, 2.75) is 33.2 Å². The number of carbonyl (C=O) groups excluding carboxylic acids is 1. The van der Waals surface area contributed by atoms with E-state index in [9.17, 15) is 4.79 Å². The van der Waals surface area contributed by atoms with Gasteiger partial charge in [0.2, 0.25) is 5.91 Å². The smallest absolute Gasteiger partial charge is 0.225 e. The second-order valence-corrected chi connectivity index (χ2v) is 11.9. The van der Waals surface area contributed by atoms with Gasteiger partial charge in [0.15, 0.2) is 0 Å². The molecule has 6 nitrogen and oxygen atoms in total. The monoisotopic (exact) mass is 585 g/mol. The van der Waals surface area contributed by atoms with E-state index in [0.717, 1.165) is 85.7 Å². The first-order chi connectivity index (χ1) is 19.0. The summed E-state index contributed by atoms with van der Waals surface area (Å²) in [4.78, 5) is 25.4. The number of piperazine rings is 1. The van der Waals surface area contributed by atoms with Crippen LogP contribution in [0.1, 0.15) is 29.8 Å². The number of likely N-dealkylation sites (tertiary alicyclic amines) is 1. The Bertz CT molecular complexity index is 1480. The normalized spacial score (nSPS) is 17.2. The Morgan fingerprint density at radius 3 is 2.41 bits per heavy atom. The van der Waals surface area contributed by atoms with Crippen molar-refractivity contribution in [2.24, 2.45) is 5.92 Å². The van der Waals surface area contributed by atoms with Crippen LogP contribution in [0.25, 0.3) is 16.7 Å². The van der Waals surface area contributed by atoms with Crippen molar-refractivity contribution in [3.8, 4) is 5.69 Å². The van der Waals surface area contributed by atoms with Gasteiger partial charge >= 0.3 is 0 Å². The minimum atomic E-state index is 0.123. The number of piperidine rings is 1. The average molecular weight is 587 g/mol. The summed E-state index contributed by atoms with van der Waals surface area (Å²) in [5.74, 6) is 1.51. The minimum Gasteiger partial charge on any atom is -0.368 e. The summed E-state index contributed by atoms with van der Waals surface area (Å²) in [6.45, 7) is 10.4. The quantitative estimate of drug-likeness (QED) is 0.289. The molecular formula is C32H36BrN5O. The summed E-state index contributed by atoms with van der Waals surface area (Å²) in [5.41, 5.74) is 7.15. The molecule has 4 aromatic rings. The molecule has 0 radical (unpaired) electrons. The number of benzene rings is 3. The highest BCUT2D eigenvalue weighted by molar-refractivity contribution is 9.10. The van der Waals surface area contributed by atoms with Gasteiger partial charge < -0.3 is 9.80 Å². The Labute approximate surface area is 239 Å². The Morgan fingerprint density at radius 2 is 1.67 bits per heavy atom. The third-order valence-electron chi connectivity index (χ3n) is 8.28. The van der Waals surface area contributed by atoms with Gasteiger partial charge in [-0.1, -0.05) is 51.8 Å². The fourth-order valence-electron chi connectivity index (χ4n) is 6.21. The molecule has 0 unspecified atom stereocenters. The zero-order chi connectivity index (χ0) is 26.9. The Hall–Kier alpha value is -3.16. The SMILES string of the molecule is Cc1ccc(N2CCN(C(=O)C3CCN(Cc4nc5ccccc5n4-c4cccc(Br)c4)CC3)CC2)c(C)c1. The zero-order valence-corrected chi connectivity index (χ0v) is 24.4. The van der Waals surface area contributed by atoms with Gasteiger partial charge in [0, 0.05) is 47.9 Å². The predicted molar refractivity (Wildman–Crippen MR) is 161 cm³/mol. The van der Waals surface area contributed by atoms with Gasteiger partial charge in [0.25, 0.3) is 0 Å². The number of aromatic nitrogens is 2. The van der Waals surface area contributed by atoms with Crippen LogP contribution < -0.4 is 4.90 Å². The van der Waals surface area contributed by atoms with Crippen LogP contribution in [0.2, 0.25) is 0 Å². The lowest BCUT2D eigenvalue weighted by Crippen LogP contribution is -2.51. The lowest BCUT2D eigenvalue weighted by molar-refractivity contribution is -0.137. The molecule has 0 saturated carbocycles. The van der Waals surface area contributed by atoms with Crippen molar-refractivity contribution >= 4 is 38.6 Å². The molecule has 2 fully saturated rings. The fourth-order valence-corrected chi connectivity index (χ4v) is 6.60. The Balaban J connectivity index is 1.08. The van der Waals surface area contributed by atoms with Gasteiger partial charge in [-0.05, 0) is 81.7 Å². The summed E-state index contributed by atoms with van der Waals surface area (Å²) in [7, 11) is 0. The fraction of sp³-hybridized carbons (Fsp3) is 0.375. The number of hydrogen-bond acceptors (Lipinski definition) is 4. The van der Waals surface area contributed by atoms with Gasteiger partial charge in [0.1, 0.15) is 5.82 Å². The molecule has 3 aromatic carbocycles. The molecule has 39 heavy (non-hydrogen) atoms. The number of hydrogen-bond donors (Lipinski definition) is 0. The van der Waals surface area contributed by atoms with E-state index >= 15 is 0 Å². The third-order valence-corrected chi connectivity index (χ3v) is 8.78. The van der Waals surface area contributed by atoms with E-state index in [-0.39, 0.29) is 5.92 Å². The van der Waals surface area contributed by atoms with Gasteiger partial charge in [-0.15, -0.1) is 0 Å². The first kappa shape index (κ1) is 26.1. The Morgan fingerprint density at radius 1 is 0.897 bits per heavy atom. The molecule has 7 heteroatoms. The molecule has 2 aliphatic rings. The second-order valence-electron chi connectivity index (χ2n) is 11.0. The number of carbonyl (C=O) groups is 1. The van der Waals surface area contributed by atoms with Gasteiger partial charge in [-0.2, -0.15) is 0 Å². The molecule has 0 aliphatic carbocycles. The molecule has 202 valence electrons. The number of aryl methyl sites for hydroxylation is 2. The van der Waals surface area contributed by atoms with Crippen LogP contribution in [0.3, 0.4) is 0 Å². The molecule has 2 aliphatic heterocycles. The molecule has 0 N–H and O–H groups in total. The highest BCUT2D eigenvalue weighted by Crippen LogP contribution is 2.28. The number of amides is 1. The topological polar surface area (TPSA) is 44.6 Å². The number of imidazole rings is 1. The van der Waals surface area contributed by atoms with Crippen LogP contribution in [-0.4, -0.2) is 64.5 Å². The van der Waals surface area contributed by atoms with E-state index in [1.165, 1.54) is 16.8 Å². The van der Waals surface area contributed by atoms with Crippen LogP contribution in [0.5, 0.6) is 0 Å². The summed E-state index contributed by atoms with van der Waals surface area (Å²) < 4.78 is 3.32. The van der Waals surface area contributed by atoms with Gasteiger partial charge in [-0.3, -0.25) is 14.3 Å². The first-order valence-corrected chi connectivity index (χ1v) is 14.8. The summed E-state index contributed by atoms with van der Waals surface area (Å²) in [6, 6.07) is 23.4. The maximum absolute atomic E-state index is 13.4. The molecule has 3 heterocycles. The van der Waals surface area contributed by atoms with E-state index < -0.39 is 0 Å². The predicted octanol–water partition coefficient (Wildman–Crippen LogP) is 5.97. The van der Waals surface area contributed by atoms with Crippen LogP contribution in [0, 0.1) is 19.8 Å². The number of para-hydroxylation sites is 2. The maximum Gasteiger partial charge on any atom is 0.225 e. The molecule has 1 amide bonds. The van der Waals surface area contributed by atoms with Crippen molar-refractivity contribution in [1.82, 2.24) is 19.4 Å². The van der Waals surface area contributed by atoms with Gasteiger partial charge in [0.05, 0.1) is 17.6 Å². The highest BCUT2D eigenvalue weighted by Gasteiger charge is 2.31. The summed E-state index contributed by atoms with van der Waals surface area (Å²) in [5, 5.41) is 0. The van der Waals surface area contributed by atoms with Crippen molar-refractivity contribution in [3.05, 3.63) is 88.2 Å². The lowest BCUT2D eigenvalue weighted by Gasteiger charge is -2.39. The van der Waals surface area contributed by atoms with Crippen LogP contribution in [0.4, 0.5) is 5.69 Å². The largest absolute Gasteiger partial charge is 0.368 e. The highest BCUT2D eigenvalue weighted by atomic mass is 79.9. The Kier molecular flexibility index (Phi) is 7.45. The number of nitrogens with zero attached hydrogens (tertiary/aromatic N) is 5. The maximum atomic E-state index is 13.4. The first-order valence-electron chi connectivity index (χ1n) is 14.0. The van der Waals surface area contributed by atoms with E-state index in [2.05, 4.69) is 104 Å². The van der Waals surface area contributed by atoms with Crippen molar-refractivity contribution in [2.75, 3.05) is 44.2 Å². The van der Waals surface area contributed by atoms with Crippen LogP contribution in [-0.2, 0) is 11.3 Å². The van der Waals surface area contributed by atoms with E-state index in [1.807, 2.05) is 12.1 Å². The van der Waals surface area contributed by atoms with Gasteiger partial charge in [-0.25, -0.2) is 4.98 Å². The van der Waals surface area contributed by atoms with Crippen LogP contribution >= 0.6 is 15.9 Å². The summed E-state index contributed by atoms with van der Waals surface area (Å²) in [6.07, 6.45) is 1.82. The van der Waals surface area contributed by atoms with Crippen molar-refractivity contribution in [1.29, 1.82) is 0 Å². The van der Waals surface area contributed by atoms with Crippen molar-refractivity contribution < 1.29 is 4.79 Å². The molecule has 2 saturated heterocycles.